The Morgan fingerprint density at radius 2 is 1.95 bits per heavy atom. The fraction of sp³-hybridized carbons (Fsp3) is 0.786. The summed E-state index contributed by atoms with van der Waals surface area (Å²) in [6, 6.07) is -0.333. The quantitative estimate of drug-likeness (QED) is 0.732. The monoisotopic (exact) mass is 300 g/mol. The molecule has 1 aliphatic heterocycles. The summed E-state index contributed by atoms with van der Waals surface area (Å²) in [4.78, 5) is 36.3. The van der Waals surface area contributed by atoms with Crippen LogP contribution in [-0.4, -0.2) is 54.7 Å². The number of carbonyl (C=O) groups excluding carboxylic acids is 2. The van der Waals surface area contributed by atoms with Crippen molar-refractivity contribution in [2.75, 3.05) is 26.7 Å². The highest BCUT2D eigenvalue weighted by atomic mass is 16.5. The molecule has 2 N–H and O–H groups in total. The second kappa shape index (κ2) is 7.28. The van der Waals surface area contributed by atoms with E-state index in [2.05, 4.69) is 5.32 Å². The van der Waals surface area contributed by atoms with Gasteiger partial charge in [-0.1, -0.05) is 20.8 Å². The van der Waals surface area contributed by atoms with E-state index in [1.54, 1.807) is 13.8 Å². The van der Waals surface area contributed by atoms with E-state index in [9.17, 15) is 14.4 Å². The third kappa shape index (κ3) is 4.34. The first-order valence-electron chi connectivity index (χ1n) is 7.11. The molecular weight excluding hydrogens is 276 g/mol. The Hall–Kier alpha value is -1.79. The summed E-state index contributed by atoms with van der Waals surface area (Å²) < 4.78 is 4.72. The fourth-order valence-corrected chi connectivity index (χ4v) is 2.51. The van der Waals surface area contributed by atoms with E-state index >= 15 is 0 Å². The Kier molecular flexibility index (Phi) is 5.99. The van der Waals surface area contributed by atoms with Gasteiger partial charge in [-0.15, -0.1) is 0 Å². The average Bonchev–Trinajstić information content (AvgIpc) is 2.79. The number of amides is 2. The molecule has 1 aliphatic rings. The summed E-state index contributed by atoms with van der Waals surface area (Å²) >= 11 is 0. The number of carboxylic acid groups (broad SMARTS) is 1. The average molecular weight is 300 g/mol. The van der Waals surface area contributed by atoms with Gasteiger partial charge in [-0.2, -0.15) is 0 Å². The van der Waals surface area contributed by atoms with Crippen molar-refractivity contribution < 1.29 is 24.2 Å². The maximum atomic E-state index is 12.1. The molecule has 3 atom stereocenters. The van der Waals surface area contributed by atoms with Crippen molar-refractivity contribution in [1.82, 2.24) is 10.2 Å². The molecule has 0 spiro atoms. The number of rotatable bonds is 5. The molecule has 1 heterocycles. The minimum atomic E-state index is -0.924. The van der Waals surface area contributed by atoms with Gasteiger partial charge in [-0.25, -0.2) is 4.79 Å². The van der Waals surface area contributed by atoms with E-state index < -0.39 is 11.9 Å². The second-order valence-corrected chi connectivity index (χ2v) is 5.89. The summed E-state index contributed by atoms with van der Waals surface area (Å²) in [6.07, 6.45) is 0. The van der Waals surface area contributed by atoms with Gasteiger partial charge in [0, 0.05) is 19.6 Å². The predicted molar refractivity (Wildman–Crippen MR) is 75.6 cm³/mol. The number of hydrogen-bond donors (Lipinski definition) is 2. The summed E-state index contributed by atoms with van der Waals surface area (Å²) in [5.74, 6) is -2.21. The van der Waals surface area contributed by atoms with Gasteiger partial charge < -0.3 is 20.1 Å². The zero-order chi connectivity index (χ0) is 16.2. The normalized spacial score (nSPS) is 23.0. The van der Waals surface area contributed by atoms with Gasteiger partial charge in [0.1, 0.15) is 0 Å². The van der Waals surface area contributed by atoms with Crippen LogP contribution in [0.3, 0.4) is 0 Å². The third-order valence-corrected chi connectivity index (χ3v) is 4.00. The van der Waals surface area contributed by atoms with Crippen LogP contribution in [0.2, 0.25) is 0 Å². The van der Waals surface area contributed by atoms with E-state index in [4.69, 9.17) is 9.84 Å². The summed E-state index contributed by atoms with van der Waals surface area (Å²) in [6.45, 7) is 6.35. The Bertz CT molecular complexity index is 410. The Morgan fingerprint density at radius 1 is 1.33 bits per heavy atom. The number of aliphatic carboxylic acids is 1. The number of nitrogens with zero attached hydrogens (tertiary/aromatic N) is 1. The molecule has 0 bridgehead atoms. The van der Waals surface area contributed by atoms with Gasteiger partial charge >= 0.3 is 18.0 Å². The van der Waals surface area contributed by atoms with Gasteiger partial charge in [0.05, 0.1) is 18.9 Å². The fourth-order valence-electron chi connectivity index (χ4n) is 2.51. The molecule has 0 aromatic carbocycles. The van der Waals surface area contributed by atoms with Crippen LogP contribution in [0.25, 0.3) is 0 Å². The molecule has 0 aliphatic carbocycles. The molecule has 0 saturated carbocycles. The number of esters is 1. The Labute approximate surface area is 124 Å². The van der Waals surface area contributed by atoms with Crippen molar-refractivity contribution in [2.45, 2.75) is 20.8 Å². The van der Waals surface area contributed by atoms with E-state index in [1.165, 1.54) is 12.0 Å². The lowest BCUT2D eigenvalue weighted by Crippen LogP contribution is -2.43. The molecule has 0 aromatic rings. The highest BCUT2D eigenvalue weighted by molar-refractivity contribution is 5.79. The molecule has 0 radical (unpaired) electrons. The molecule has 1 rings (SSSR count). The van der Waals surface area contributed by atoms with E-state index in [0.29, 0.717) is 13.1 Å². The standard InChI is InChI=1S/C14H24N2O5/c1-8(2)10(12(17)18)5-15-14(20)16-6-9(3)11(7-16)13(19)21-4/h8-11H,5-7H2,1-4H3,(H,15,20)(H,17,18). The zero-order valence-corrected chi connectivity index (χ0v) is 13.0. The van der Waals surface area contributed by atoms with E-state index in [0.717, 1.165) is 0 Å². The SMILES string of the molecule is COC(=O)C1CN(C(=O)NCC(C(=O)O)C(C)C)CC1C. The minimum absolute atomic E-state index is 0.0311. The van der Waals surface area contributed by atoms with Crippen molar-refractivity contribution in [1.29, 1.82) is 0 Å². The van der Waals surface area contributed by atoms with Crippen molar-refractivity contribution in [2.24, 2.45) is 23.7 Å². The zero-order valence-electron chi connectivity index (χ0n) is 13.0. The lowest BCUT2D eigenvalue weighted by atomic mass is 9.96. The first-order chi connectivity index (χ1) is 9.77. The molecule has 3 unspecified atom stereocenters. The van der Waals surface area contributed by atoms with Crippen LogP contribution in [0.1, 0.15) is 20.8 Å². The number of nitrogens with one attached hydrogen (secondary N) is 1. The maximum Gasteiger partial charge on any atom is 0.317 e. The summed E-state index contributed by atoms with van der Waals surface area (Å²) in [5, 5.41) is 11.7. The molecule has 120 valence electrons. The summed E-state index contributed by atoms with van der Waals surface area (Å²) in [7, 11) is 1.33. The number of carbonyl (C=O) groups is 3. The Balaban J connectivity index is 2.54. The molecule has 1 fully saturated rings. The van der Waals surface area contributed by atoms with E-state index in [-0.39, 0.29) is 36.3 Å². The molecular formula is C14H24N2O5. The number of ether oxygens (including phenoxy) is 1. The number of urea groups is 1. The number of methoxy groups -OCH3 is 1. The second-order valence-electron chi connectivity index (χ2n) is 5.89. The lowest BCUT2D eigenvalue weighted by molar-refractivity contribution is -0.146. The van der Waals surface area contributed by atoms with Crippen LogP contribution in [0.5, 0.6) is 0 Å². The van der Waals surface area contributed by atoms with Crippen molar-refractivity contribution in [3.8, 4) is 0 Å². The third-order valence-electron chi connectivity index (χ3n) is 4.00. The van der Waals surface area contributed by atoms with E-state index in [1.807, 2.05) is 6.92 Å². The maximum absolute atomic E-state index is 12.1. The summed E-state index contributed by atoms with van der Waals surface area (Å²) in [5.41, 5.74) is 0. The van der Waals surface area contributed by atoms with Crippen LogP contribution >= 0.6 is 0 Å². The van der Waals surface area contributed by atoms with Crippen LogP contribution in [0, 0.1) is 23.7 Å². The van der Waals surface area contributed by atoms with Crippen LogP contribution in [0.15, 0.2) is 0 Å². The number of hydrogen-bond acceptors (Lipinski definition) is 4. The van der Waals surface area contributed by atoms with Gasteiger partial charge in [0.15, 0.2) is 0 Å². The van der Waals surface area contributed by atoms with Gasteiger partial charge in [-0.05, 0) is 11.8 Å². The predicted octanol–water partition coefficient (Wildman–Crippen LogP) is 0.794. The smallest absolute Gasteiger partial charge is 0.317 e. The van der Waals surface area contributed by atoms with Crippen molar-refractivity contribution in [3.05, 3.63) is 0 Å². The van der Waals surface area contributed by atoms with Crippen molar-refractivity contribution in [3.63, 3.8) is 0 Å². The number of likely N-dealkylation sites (tertiary alicyclic amines) is 1. The van der Waals surface area contributed by atoms with Crippen molar-refractivity contribution >= 4 is 18.0 Å². The molecule has 0 aromatic heterocycles. The molecule has 1 saturated heterocycles. The van der Waals surface area contributed by atoms with Gasteiger partial charge in [0.25, 0.3) is 0 Å². The largest absolute Gasteiger partial charge is 0.481 e. The van der Waals surface area contributed by atoms with Gasteiger partial charge in [-0.3, -0.25) is 9.59 Å². The van der Waals surface area contributed by atoms with Crippen LogP contribution in [-0.2, 0) is 14.3 Å². The molecule has 21 heavy (non-hydrogen) atoms. The molecule has 7 heteroatoms. The van der Waals surface area contributed by atoms with Crippen LogP contribution in [0.4, 0.5) is 4.79 Å². The first-order valence-corrected chi connectivity index (χ1v) is 7.11. The highest BCUT2D eigenvalue weighted by Crippen LogP contribution is 2.24. The first kappa shape index (κ1) is 17.3. The molecule has 2 amide bonds. The Morgan fingerprint density at radius 3 is 2.43 bits per heavy atom. The van der Waals surface area contributed by atoms with Crippen LogP contribution < -0.4 is 5.32 Å². The van der Waals surface area contributed by atoms with Gasteiger partial charge in [0.2, 0.25) is 0 Å². The topological polar surface area (TPSA) is 95.9 Å². The molecule has 7 nitrogen and oxygen atoms in total. The minimum Gasteiger partial charge on any atom is -0.481 e. The lowest BCUT2D eigenvalue weighted by Gasteiger charge is -2.21. The number of carboxylic acids is 1. The highest BCUT2D eigenvalue weighted by Gasteiger charge is 2.37.